The highest BCUT2D eigenvalue weighted by Gasteiger charge is 2.59. The fraction of sp³-hybridized carbons (Fsp3) is 0.611. The standard InChI is InChI=1S/C18H26FN3O.HI/c1-4-20-17(21-11-12-6-5-7-13(19)10-12)22-15-14-8-9-23-16(14)18(15,2)3;/h5-7,10,14-16H,4,8-9,11H2,1-3H3,(H2,20,21,22);1H. The number of nitrogens with one attached hydrogen (secondary N) is 2. The second kappa shape index (κ2) is 7.99. The van der Waals surface area contributed by atoms with Crippen molar-refractivity contribution in [2.45, 2.75) is 45.9 Å². The molecule has 0 bridgehead atoms. The maximum absolute atomic E-state index is 13.3. The molecule has 1 aromatic carbocycles. The molecule has 2 fully saturated rings. The third kappa shape index (κ3) is 3.85. The molecule has 1 saturated heterocycles. The van der Waals surface area contributed by atoms with E-state index in [0.717, 1.165) is 31.1 Å². The number of benzene rings is 1. The Morgan fingerprint density at radius 3 is 2.92 bits per heavy atom. The third-order valence-electron chi connectivity index (χ3n) is 5.05. The van der Waals surface area contributed by atoms with E-state index < -0.39 is 0 Å². The van der Waals surface area contributed by atoms with Crippen molar-refractivity contribution in [3.63, 3.8) is 0 Å². The van der Waals surface area contributed by atoms with Gasteiger partial charge in [-0.15, -0.1) is 24.0 Å². The number of aliphatic imine (C=N–C) groups is 1. The van der Waals surface area contributed by atoms with Gasteiger partial charge in [0.25, 0.3) is 0 Å². The lowest BCUT2D eigenvalue weighted by atomic mass is 9.57. The number of hydrogen-bond donors (Lipinski definition) is 2. The zero-order valence-corrected chi connectivity index (χ0v) is 16.8. The van der Waals surface area contributed by atoms with Crippen LogP contribution in [0.5, 0.6) is 0 Å². The molecule has 1 saturated carbocycles. The molecule has 6 heteroatoms. The monoisotopic (exact) mass is 447 g/mol. The van der Waals surface area contributed by atoms with Crippen LogP contribution in [0.2, 0.25) is 0 Å². The molecule has 2 N–H and O–H groups in total. The molecule has 1 aliphatic carbocycles. The van der Waals surface area contributed by atoms with Gasteiger partial charge in [0.15, 0.2) is 5.96 Å². The SMILES string of the molecule is CCNC(=NCc1cccc(F)c1)NC1C2CCOC2C1(C)C.I. The molecule has 1 heterocycles. The van der Waals surface area contributed by atoms with E-state index in [0.29, 0.717) is 24.6 Å². The predicted molar refractivity (Wildman–Crippen MR) is 105 cm³/mol. The van der Waals surface area contributed by atoms with E-state index in [2.05, 4.69) is 29.5 Å². The van der Waals surface area contributed by atoms with Crippen molar-refractivity contribution < 1.29 is 9.13 Å². The Bertz CT molecular complexity index is 593. The lowest BCUT2D eigenvalue weighted by molar-refractivity contribution is -0.106. The minimum Gasteiger partial charge on any atom is -0.377 e. The maximum atomic E-state index is 13.3. The van der Waals surface area contributed by atoms with Crippen molar-refractivity contribution in [2.24, 2.45) is 16.3 Å². The summed E-state index contributed by atoms with van der Waals surface area (Å²) in [4.78, 5) is 4.61. The Labute approximate surface area is 160 Å². The summed E-state index contributed by atoms with van der Waals surface area (Å²) >= 11 is 0. The Morgan fingerprint density at radius 1 is 1.42 bits per heavy atom. The molecule has 134 valence electrons. The number of halogens is 2. The van der Waals surface area contributed by atoms with Gasteiger partial charge in [0, 0.05) is 30.5 Å². The zero-order valence-electron chi connectivity index (χ0n) is 14.5. The predicted octanol–water partition coefficient (Wildman–Crippen LogP) is 3.31. The fourth-order valence-corrected chi connectivity index (χ4v) is 3.89. The first-order chi connectivity index (χ1) is 11.0. The quantitative estimate of drug-likeness (QED) is 0.423. The van der Waals surface area contributed by atoms with E-state index in [1.54, 1.807) is 6.07 Å². The van der Waals surface area contributed by atoms with Gasteiger partial charge in [-0.05, 0) is 31.0 Å². The van der Waals surface area contributed by atoms with Crippen LogP contribution in [0.4, 0.5) is 4.39 Å². The molecular weight excluding hydrogens is 420 g/mol. The summed E-state index contributed by atoms with van der Waals surface area (Å²) in [5, 5.41) is 6.85. The number of rotatable bonds is 4. The Balaban J connectivity index is 0.00000208. The van der Waals surface area contributed by atoms with Crippen molar-refractivity contribution >= 4 is 29.9 Å². The molecule has 0 amide bonds. The van der Waals surface area contributed by atoms with Crippen LogP contribution >= 0.6 is 24.0 Å². The number of ether oxygens (including phenoxy) is 1. The van der Waals surface area contributed by atoms with Crippen molar-refractivity contribution in [1.29, 1.82) is 0 Å². The number of guanidine groups is 1. The van der Waals surface area contributed by atoms with Gasteiger partial charge >= 0.3 is 0 Å². The van der Waals surface area contributed by atoms with Gasteiger partial charge in [0.1, 0.15) is 5.82 Å². The van der Waals surface area contributed by atoms with Gasteiger partial charge in [0.05, 0.1) is 12.6 Å². The minimum atomic E-state index is -0.221. The Morgan fingerprint density at radius 2 is 2.21 bits per heavy atom. The minimum absolute atomic E-state index is 0. The molecule has 1 aromatic rings. The van der Waals surface area contributed by atoms with Gasteiger partial charge < -0.3 is 15.4 Å². The Kier molecular flexibility index (Phi) is 6.47. The molecule has 0 spiro atoms. The van der Waals surface area contributed by atoms with Crippen LogP contribution in [0.3, 0.4) is 0 Å². The maximum Gasteiger partial charge on any atom is 0.191 e. The van der Waals surface area contributed by atoms with E-state index in [4.69, 9.17) is 4.74 Å². The average molecular weight is 447 g/mol. The molecule has 1 aliphatic heterocycles. The van der Waals surface area contributed by atoms with Gasteiger partial charge in [-0.1, -0.05) is 26.0 Å². The van der Waals surface area contributed by atoms with Crippen LogP contribution in [-0.2, 0) is 11.3 Å². The van der Waals surface area contributed by atoms with Crippen molar-refractivity contribution in [3.05, 3.63) is 35.6 Å². The molecule has 4 nitrogen and oxygen atoms in total. The van der Waals surface area contributed by atoms with Crippen molar-refractivity contribution in [1.82, 2.24) is 10.6 Å². The highest BCUT2D eigenvalue weighted by atomic mass is 127. The Hall–Kier alpha value is -0.890. The normalized spacial score (nSPS) is 27.7. The van der Waals surface area contributed by atoms with E-state index >= 15 is 0 Å². The lowest BCUT2D eigenvalue weighted by Gasteiger charge is -2.54. The summed E-state index contributed by atoms with van der Waals surface area (Å²) < 4.78 is 19.1. The first kappa shape index (κ1) is 19.4. The molecule has 0 aromatic heterocycles. The summed E-state index contributed by atoms with van der Waals surface area (Å²) in [6.45, 7) is 8.65. The van der Waals surface area contributed by atoms with E-state index in [1.165, 1.54) is 12.1 Å². The van der Waals surface area contributed by atoms with Crippen molar-refractivity contribution in [2.75, 3.05) is 13.2 Å². The van der Waals surface area contributed by atoms with Crippen molar-refractivity contribution in [3.8, 4) is 0 Å². The fourth-order valence-electron chi connectivity index (χ4n) is 3.89. The number of nitrogens with zero attached hydrogens (tertiary/aromatic N) is 1. The highest BCUT2D eigenvalue weighted by Crippen LogP contribution is 2.52. The molecule has 3 rings (SSSR count). The van der Waals surface area contributed by atoms with Crippen LogP contribution in [0.25, 0.3) is 0 Å². The summed E-state index contributed by atoms with van der Waals surface area (Å²) in [7, 11) is 0. The first-order valence-corrected chi connectivity index (χ1v) is 8.43. The second-order valence-electron chi connectivity index (χ2n) is 7.01. The summed E-state index contributed by atoms with van der Waals surface area (Å²) in [6, 6.07) is 6.95. The van der Waals surface area contributed by atoms with E-state index in [1.807, 2.05) is 13.0 Å². The van der Waals surface area contributed by atoms with Gasteiger partial charge in [-0.25, -0.2) is 9.38 Å². The highest BCUT2D eigenvalue weighted by molar-refractivity contribution is 14.0. The average Bonchev–Trinajstić information content (AvgIpc) is 2.97. The summed E-state index contributed by atoms with van der Waals surface area (Å²) in [6.07, 6.45) is 1.46. The molecule has 3 atom stereocenters. The van der Waals surface area contributed by atoms with E-state index in [-0.39, 0.29) is 35.2 Å². The van der Waals surface area contributed by atoms with Crippen LogP contribution in [0.15, 0.2) is 29.3 Å². The molecule has 3 unspecified atom stereocenters. The number of hydrogen-bond acceptors (Lipinski definition) is 2. The van der Waals surface area contributed by atoms with Crippen LogP contribution in [0, 0.1) is 17.2 Å². The topological polar surface area (TPSA) is 45.7 Å². The van der Waals surface area contributed by atoms with Crippen LogP contribution in [0.1, 0.15) is 32.8 Å². The first-order valence-electron chi connectivity index (χ1n) is 8.43. The summed E-state index contributed by atoms with van der Waals surface area (Å²) in [5.41, 5.74) is 0.980. The van der Waals surface area contributed by atoms with Gasteiger partial charge in [-0.3, -0.25) is 0 Å². The van der Waals surface area contributed by atoms with Crippen LogP contribution in [-0.4, -0.2) is 31.3 Å². The molecule has 2 aliphatic rings. The molecule has 24 heavy (non-hydrogen) atoms. The van der Waals surface area contributed by atoms with Gasteiger partial charge in [0.2, 0.25) is 0 Å². The van der Waals surface area contributed by atoms with E-state index in [9.17, 15) is 4.39 Å². The zero-order chi connectivity index (χ0) is 16.4. The molecule has 0 radical (unpaired) electrons. The summed E-state index contributed by atoms with van der Waals surface area (Å²) in [5.74, 6) is 1.13. The van der Waals surface area contributed by atoms with Crippen LogP contribution < -0.4 is 10.6 Å². The molecular formula is C18H27FIN3O. The smallest absolute Gasteiger partial charge is 0.191 e. The number of fused-ring (bicyclic) bond motifs is 1. The second-order valence-corrected chi connectivity index (χ2v) is 7.01. The third-order valence-corrected chi connectivity index (χ3v) is 5.05. The lowest BCUT2D eigenvalue weighted by Crippen LogP contribution is -2.67. The largest absolute Gasteiger partial charge is 0.377 e. The van der Waals surface area contributed by atoms with Gasteiger partial charge in [-0.2, -0.15) is 0 Å².